The van der Waals surface area contributed by atoms with Crippen molar-refractivity contribution in [3.8, 4) is 5.75 Å². The molecule has 0 atom stereocenters. The highest BCUT2D eigenvalue weighted by Gasteiger charge is 2.23. The zero-order chi connectivity index (χ0) is 20.5. The number of aromatic carboxylic acids is 1. The maximum atomic E-state index is 13.0. The van der Waals surface area contributed by atoms with Gasteiger partial charge in [-0.05, 0) is 30.7 Å². The van der Waals surface area contributed by atoms with E-state index in [9.17, 15) is 18.0 Å². The Labute approximate surface area is 159 Å². The van der Waals surface area contributed by atoms with Gasteiger partial charge in [0.2, 0.25) is 5.43 Å². The second-order valence-corrected chi connectivity index (χ2v) is 8.21. The average molecular weight is 406 g/mol. The summed E-state index contributed by atoms with van der Waals surface area (Å²) in [7, 11) is -3.76. The van der Waals surface area contributed by atoms with Crippen LogP contribution >= 0.6 is 0 Å². The first-order valence-corrected chi connectivity index (χ1v) is 10.2. The molecular weight excluding hydrogens is 388 g/mol. The molecule has 9 heteroatoms. The summed E-state index contributed by atoms with van der Waals surface area (Å²) < 4.78 is 36.5. The standard InChI is InChI=1S/C19H18O8S/c1-2-7-28(24,25)16-10-12(26-6-5-20)9-14-17(21)13-8-11(19(22)23)3-4-15(13)27-18(14)16/h3-4,8-10,20H,2,5-7H2,1H3,(H,22,23). The van der Waals surface area contributed by atoms with Crippen LogP contribution in [0.3, 0.4) is 0 Å². The van der Waals surface area contributed by atoms with Crippen LogP contribution in [0.1, 0.15) is 23.7 Å². The number of hydrogen-bond donors (Lipinski definition) is 2. The number of aliphatic hydroxyl groups is 1. The van der Waals surface area contributed by atoms with Crippen molar-refractivity contribution in [1.29, 1.82) is 0 Å². The summed E-state index contributed by atoms with van der Waals surface area (Å²) in [5.74, 6) is -1.25. The van der Waals surface area contributed by atoms with Crippen LogP contribution in [0.4, 0.5) is 0 Å². The molecule has 8 nitrogen and oxygen atoms in total. The molecule has 0 spiro atoms. The fourth-order valence-corrected chi connectivity index (χ4v) is 4.38. The van der Waals surface area contributed by atoms with Gasteiger partial charge in [-0.1, -0.05) is 6.92 Å². The third kappa shape index (κ3) is 3.58. The second kappa shape index (κ2) is 7.61. The van der Waals surface area contributed by atoms with Crippen molar-refractivity contribution in [2.45, 2.75) is 18.2 Å². The summed E-state index contributed by atoms with van der Waals surface area (Å²) in [4.78, 5) is 24.0. The summed E-state index contributed by atoms with van der Waals surface area (Å²) in [5, 5.41) is 18.1. The van der Waals surface area contributed by atoms with Crippen LogP contribution in [0.15, 0.2) is 44.4 Å². The van der Waals surface area contributed by atoms with E-state index in [-0.39, 0.29) is 57.1 Å². The van der Waals surface area contributed by atoms with Gasteiger partial charge in [-0.3, -0.25) is 4.79 Å². The van der Waals surface area contributed by atoms with E-state index in [4.69, 9.17) is 19.4 Å². The zero-order valence-corrected chi connectivity index (χ0v) is 15.8. The van der Waals surface area contributed by atoms with E-state index in [1.54, 1.807) is 6.92 Å². The molecule has 3 aromatic rings. The van der Waals surface area contributed by atoms with Crippen molar-refractivity contribution in [3.05, 3.63) is 46.1 Å². The number of benzene rings is 2. The molecule has 0 saturated carbocycles. The Morgan fingerprint density at radius 3 is 2.57 bits per heavy atom. The summed E-state index contributed by atoms with van der Waals surface area (Å²) in [5.41, 5.74) is -0.683. The van der Waals surface area contributed by atoms with Crippen LogP contribution in [0, 0.1) is 0 Å². The van der Waals surface area contributed by atoms with Crippen LogP contribution in [0.2, 0.25) is 0 Å². The third-order valence-corrected chi connectivity index (χ3v) is 6.04. The van der Waals surface area contributed by atoms with E-state index in [2.05, 4.69) is 0 Å². The minimum Gasteiger partial charge on any atom is -0.491 e. The molecule has 1 aromatic heterocycles. The van der Waals surface area contributed by atoms with Crippen LogP contribution in [0.25, 0.3) is 21.9 Å². The molecule has 1 heterocycles. The quantitative estimate of drug-likeness (QED) is 0.571. The van der Waals surface area contributed by atoms with Crippen molar-refractivity contribution in [2.75, 3.05) is 19.0 Å². The van der Waals surface area contributed by atoms with Crippen molar-refractivity contribution in [1.82, 2.24) is 0 Å². The van der Waals surface area contributed by atoms with Crippen molar-refractivity contribution >= 4 is 37.7 Å². The van der Waals surface area contributed by atoms with Gasteiger partial charge < -0.3 is 19.4 Å². The highest BCUT2D eigenvalue weighted by molar-refractivity contribution is 7.91. The lowest BCUT2D eigenvalue weighted by molar-refractivity contribution is 0.0697. The molecule has 0 aliphatic heterocycles. The topological polar surface area (TPSA) is 131 Å². The van der Waals surface area contributed by atoms with Gasteiger partial charge in [-0.2, -0.15) is 0 Å². The predicted molar refractivity (Wildman–Crippen MR) is 102 cm³/mol. The van der Waals surface area contributed by atoms with E-state index < -0.39 is 21.2 Å². The number of hydrogen-bond acceptors (Lipinski definition) is 7. The maximum absolute atomic E-state index is 13.0. The van der Waals surface area contributed by atoms with Crippen LogP contribution in [0.5, 0.6) is 5.75 Å². The minimum absolute atomic E-state index is 0.0190. The molecule has 0 fully saturated rings. The van der Waals surface area contributed by atoms with Crippen LogP contribution < -0.4 is 10.2 Å². The summed E-state index contributed by atoms with van der Waals surface area (Å²) in [6, 6.07) is 6.38. The van der Waals surface area contributed by atoms with Gasteiger partial charge in [0.25, 0.3) is 0 Å². The van der Waals surface area contributed by atoms with E-state index in [0.29, 0.717) is 6.42 Å². The maximum Gasteiger partial charge on any atom is 0.335 e. The number of rotatable bonds is 7. The Bertz CT molecular complexity index is 1220. The predicted octanol–water partition coefficient (Wildman–Crippen LogP) is 2.20. The molecule has 0 unspecified atom stereocenters. The fraction of sp³-hybridized carbons (Fsp3) is 0.263. The summed E-state index contributed by atoms with van der Waals surface area (Å²) in [6.45, 7) is 1.34. The van der Waals surface area contributed by atoms with Crippen molar-refractivity contribution < 1.29 is 32.6 Å². The number of ether oxygens (including phenoxy) is 1. The number of carboxylic acid groups (broad SMARTS) is 1. The largest absolute Gasteiger partial charge is 0.491 e. The van der Waals surface area contributed by atoms with Gasteiger partial charge in [0.15, 0.2) is 15.4 Å². The first kappa shape index (κ1) is 19.8. The molecule has 2 N–H and O–H groups in total. The van der Waals surface area contributed by atoms with Crippen LogP contribution in [-0.4, -0.2) is 43.6 Å². The van der Waals surface area contributed by atoms with Gasteiger partial charge in [0.1, 0.15) is 22.8 Å². The van der Waals surface area contributed by atoms with E-state index in [1.807, 2.05) is 0 Å². The molecule has 0 amide bonds. The number of carboxylic acids is 1. The average Bonchev–Trinajstić information content (AvgIpc) is 2.66. The number of carbonyl (C=O) groups is 1. The number of aliphatic hydroxyl groups excluding tert-OH is 1. The number of sulfone groups is 1. The van der Waals surface area contributed by atoms with E-state index >= 15 is 0 Å². The summed E-state index contributed by atoms with van der Waals surface area (Å²) in [6.07, 6.45) is 0.366. The lowest BCUT2D eigenvalue weighted by Crippen LogP contribution is -2.11. The smallest absolute Gasteiger partial charge is 0.335 e. The third-order valence-electron chi connectivity index (χ3n) is 4.12. The fourth-order valence-electron chi connectivity index (χ4n) is 2.89. The lowest BCUT2D eigenvalue weighted by Gasteiger charge is -2.11. The van der Waals surface area contributed by atoms with Crippen molar-refractivity contribution in [2.24, 2.45) is 0 Å². The highest BCUT2D eigenvalue weighted by atomic mass is 32.2. The highest BCUT2D eigenvalue weighted by Crippen LogP contribution is 2.31. The normalized spacial score (nSPS) is 11.8. The van der Waals surface area contributed by atoms with Crippen molar-refractivity contribution in [3.63, 3.8) is 0 Å². The molecule has 3 rings (SSSR count). The Kier molecular flexibility index (Phi) is 5.39. The molecule has 0 aliphatic rings. The first-order valence-electron chi connectivity index (χ1n) is 8.53. The van der Waals surface area contributed by atoms with Gasteiger partial charge in [-0.25, -0.2) is 13.2 Å². The molecule has 0 bridgehead atoms. The second-order valence-electron chi connectivity index (χ2n) is 6.14. The Morgan fingerprint density at radius 2 is 1.93 bits per heavy atom. The molecule has 0 aliphatic carbocycles. The Morgan fingerprint density at radius 1 is 1.18 bits per heavy atom. The molecule has 2 aromatic carbocycles. The zero-order valence-electron chi connectivity index (χ0n) is 15.0. The van der Waals surface area contributed by atoms with Crippen LogP contribution in [-0.2, 0) is 9.84 Å². The minimum atomic E-state index is -3.76. The van der Waals surface area contributed by atoms with E-state index in [1.165, 1.54) is 30.3 Å². The van der Waals surface area contributed by atoms with Gasteiger partial charge in [0.05, 0.1) is 28.7 Å². The Balaban J connectivity index is 2.41. The molecule has 28 heavy (non-hydrogen) atoms. The summed E-state index contributed by atoms with van der Waals surface area (Å²) >= 11 is 0. The number of fused-ring (bicyclic) bond motifs is 2. The molecule has 0 radical (unpaired) electrons. The van der Waals surface area contributed by atoms with Gasteiger partial charge >= 0.3 is 5.97 Å². The molecular formula is C19H18O8S. The van der Waals surface area contributed by atoms with Gasteiger partial charge in [-0.15, -0.1) is 0 Å². The van der Waals surface area contributed by atoms with Gasteiger partial charge in [0, 0.05) is 6.07 Å². The molecule has 148 valence electrons. The Hall–Kier alpha value is -2.91. The lowest BCUT2D eigenvalue weighted by atomic mass is 10.1. The first-order chi connectivity index (χ1) is 13.3. The SMILES string of the molecule is CCCS(=O)(=O)c1cc(OCCO)cc2c(=O)c3cc(C(=O)O)ccc3oc12. The van der Waals surface area contributed by atoms with E-state index in [0.717, 1.165) is 0 Å². The monoisotopic (exact) mass is 406 g/mol. The molecule has 0 saturated heterocycles.